The van der Waals surface area contributed by atoms with Gasteiger partial charge in [-0.15, -0.1) is 0 Å². The molecule has 9 heteroatoms. The van der Waals surface area contributed by atoms with Crippen molar-refractivity contribution in [1.29, 1.82) is 0 Å². The number of rotatable bonds is 4. The Bertz CT molecular complexity index is 533. The molecule has 0 saturated carbocycles. The van der Waals surface area contributed by atoms with Crippen molar-refractivity contribution in [2.45, 2.75) is 12.2 Å². The molecule has 2 fully saturated rings. The summed E-state index contributed by atoms with van der Waals surface area (Å²) in [7, 11) is 0. The van der Waals surface area contributed by atoms with Crippen LogP contribution in [0.2, 0.25) is 5.28 Å². The van der Waals surface area contributed by atoms with E-state index < -0.39 is 5.97 Å². The van der Waals surface area contributed by atoms with Gasteiger partial charge in [0.25, 0.3) is 0 Å². The number of ether oxygens (including phenoxy) is 4. The van der Waals surface area contributed by atoms with Crippen LogP contribution < -0.4 is 10.5 Å². The Labute approximate surface area is 119 Å². The molecule has 0 spiro atoms. The first kappa shape index (κ1) is 13.3. The molecule has 0 bridgehead atoms. The highest BCUT2D eigenvalue weighted by atomic mass is 35.5. The van der Waals surface area contributed by atoms with Crippen molar-refractivity contribution in [2.24, 2.45) is 0 Å². The number of carbonyl (C=O) groups is 1. The van der Waals surface area contributed by atoms with Crippen LogP contribution in [0.15, 0.2) is 0 Å². The number of esters is 1. The summed E-state index contributed by atoms with van der Waals surface area (Å²) in [6, 6.07) is 0. The Kier molecular flexibility index (Phi) is 3.60. The zero-order valence-electron chi connectivity index (χ0n) is 10.4. The molecule has 108 valence electrons. The molecular formula is C11H12ClN3O5. The van der Waals surface area contributed by atoms with Gasteiger partial charge in [-0.25, -0.2) is 9.78 Å². The quantitative estimate of drug-likeness (QED) is 0.614. The van der Waals surface area contributed by atoms with Gasteiger partial charge in [0.2, 0.25) is 11.2 Å². The Balaban J connectivity index is 1.79. The average Bonchev–Trinajstić information content (AvgIpc) is 2.31. The summed E-state index contributed by atoms with van der Waals surface area (Å²) in [5.41, 5.74) is 5.74. The molecule has 1 aromatic rings. The van der Waals surface area contributed by atoms with Crippen molar-refractivity contribution in [2.75, 3.05) is 32.2 Å². The van der Waals surface area contributed by atoms with Crippen LogP contribution in [0.5, 0.6) is 5.88 Å². The summed E-state index contributed by atoms with van der Waals surface area (Å²) >= 11 is 5.77. The van der Waals surface area contributed by atoms with Crippen molar-refractivity contribution in [3.8, 4) is 5.88 Å². The number of halogens is 1. The molecule has 0 aromatic carbocycles. The van der Waals surface area contributed by atoms with Crippen molar-refractivity contribution in [3.05, 3.63) is 11.0 Å². The normalized spacial score (nSPS) is 19.1. The fourth-order valence-corrected chi connectivity index (χ4v) is 1.76. The minimum absolute atomic E-state index is 0.00606. The molecule has 3 heterocycles. The summed E-state index contributed by atoms with van der Waals surface area (Å²) in [6.07, 6.45) is -0.424. The first-order valence-electron chi connectivity index (χ1n) is 5.99. The van der Waals surface area contributed by atoms with Crippen molar-refractivity contribution >= 4 is 23.3 Å². The van der Waals surface area contributed by atoms with Crippen molar-refractivity contribution in [3.63, 3.8) is 0 Å². The van der Waals surface area contributed by atoms with E-state index in [9.17, 15) is 4.79 Å². The maximum Gasteiger partial charge on any atom is 0.359 e. The lowest BCUT2D eigenvalue weighted by molar-refractivity contribution is -0.103. The third-order valence-electron chi connectivity index (χ3n) is 2.84. The lowest BCUT2D eigenvalue weighted by Gasteiger charge is -2.27. The van der Waals surface area contributed by atoms with E-state index >= 15 is 0 Å². The minimum Gasteiger partial charge on any atom is -0.468 e. The van der Waals surface area contributed by atoms with E-state index in [-0.39, 0.29) is 34.8 Å². The summed E-state index contributed by atoms with van der Waals surface area (Å²) in [5, 5.41) is -0.133. The molecule has 0 amide bonds. The SMILES string of the molecule is Nc1c(OC2COC2)nc(Cl)nc1C(=O)OC1COC1. The van der Waals surface area contributed by atoms with Gasteiger partial charge in [-0.2, -0.15) is 4.98 Å². The first-order valence-corrected chi connectivity index (χ1v) is 6.37. The van der Waals surface area contributed by atoms with Gasteiger partial charge in [0.1, 0.15) is 17.9 Å². The van der Waals surface area contributed by atoms with Crippen LogP contribution in [0.3, 0.4) is 0 Å². The number of nitrogens with zero attached hydrogens (tertiary/aromatic N) is 2. The maximum atomic E-state index is 12.0. The Morgan fingerprint density at radius 3 is 2.40 bits per heavy atom. The molecule has 0 atom stereocenters. The molecule has 8 nitrogen and oxygen atoms in total. The second kappa shape index (κ2) is 5.39. The van der Waals surface area contributed by atoms with Gasteiger partial charge in [-0.05, 0) is 11.6 Å². The summed E-state index contributed by atoms with van der Waals surface area (Å²) in [5.74, 6) is -0.607. The Morgan fingerprint density at radius 2 is 1.85 bits per heavy atom. The lowest BCUT2D eigenvalue weighted by atomic mass is 10.3. The summed E-state index contributed by atoms with van der Waals surface area (Å²) in [6.45, 7) is 1.63. The van der Waals surface area contributed by atoms with Gasteiger partial charge in [0, 0.05) is 0 Å². The van der Waals surface area contributed by atoms with E-state index in [1.54, 1.807) is 0 Å². The highest BCUT2D eigenvalue weighted by molar-refractivity contribution is 6.28. The van der Waals surface area contributed by atoms with E-state index in [0.717, 1.165) is 0 Å². The van der Waals surface area contributed by atoms with Crippen LogP contribution >= 0.6 is 11.6 Å². The summed E-state index contributed by atoms with van der Waals surface area (Å²) in [4.78, 5) is 19.6. The fourth-order valence-electron chi connectivity index (χ4n) is 1.60. The minimum atomic E-state index is -0.671. The predicted octanol–water partition coefficient (Wildman–Crippen LogP) is 0.0454. The van der Waals surface area contributed by atoms with Gasteiger partial charge in [-0.3, -0.25) is 0 Å². The second-order valence-electron chi connectivity index (χ2n) is 4.40. The number of nitrogen functional groups attached to an aromatic ring is 1. The molecule has 2 saturated heterocycles. The van der Waals surface area contributed by atoms with Gasteiger partial charge in [0.05, 0.1) is 26.4 Å². The number of nitrogens with two attached hydrogens (primary N) is 1. The highest BCUT2D eigenvalue weighted by Crippen LogP contribution is 2.27. The predicted molar refractivity (Wildman–Crippen MR) is 66.7 cm³/mol. The zero-order valence-corrected chi connectivity index (χ0v) is 11.1. The van der Waals surface area contributed by atoms with Gasteiger partial charge in [-0.1, -0.05) is 0 Å². The van der Waals surface area contributed by atoms with Crippen LogP contribution in [-0.2, 0) is 14.2 Å². The van der Waals surface area contributed by atoms with Crippen LogP contribution in [0.4, 0.5) is 5.69 Å². The molecule has 2 aliphatic rings. The largest absolute Gasteiger partial charge is 0.468 e. The molecule has 0 aliphatic carbocycles. The molecule has 3 rings (SSSR count). The average molecular weight is 302 g/mol. The topological polar surface area (TPSA) is 106 Å². The monoisotopic (exact) mass is 301 g/mol. The standard InChI is InChI=1S/C11H12ClN3O5/c12-11-14-8(10(16)20-6-3-18-4-6)7(13)9(15-11)19-5-1-17-2-5/h5-6H,1-4,13H2. The second-order valence-corrected chi connectivity index (χ2v) is 4.74. The summed E-state index contributed by atoms with van der Waals surface area (Å²) < 4.78 is 20.5. The van der Waals surface area contributed by atoms with Crippen molar-refractivity contribution in [1.82, 2.24) is 9.97 Å². The van der Waals surface area contributed by atoms with E-state index in [2.05, 4.69) is 9.97 Å². The molecule has 1 aromatic heterocycles. The fraction of sp³-hybridized carbons (Fsp3) is 0.545. The number of anilines is 1. The Hall–Kier alpha value is -1.64. The number of hydrogen-bond donors (Lipinski definition) is 1. The van der Waals surface area contributed by atoms with Crippen LogP contribution in [0.1, 0.15) is 10.5 Å². The molecular weight excluding hydrogens is 290 g/mol. The maximum absolute atomic E-state index is 12.0. The van der Waals surface area contributed by atoms with E-state index in [4.69, 9.17) is 36.3 Å². The molecule has 2 N–H and O–H groups in total. The molecule has 2 aliphatic heterocycles. The number of aromatic nitrogens is 2. The smallest absolute Gasteiger partial charge is 0.359 e. The third-order valence-corrected chi connectivity index (χ3v) is 3.01. The lowest BCUT2D eigenvalue weighted by Crippen LogP contribution is -2.39. The Morgan fingerprint density at radius 1 is 1.20 bits per heavy atom. The van der Waals surface area contributed by atoms with E-state index in [1.807, 2.05) is 0 Å². The van der Waals surface area contributed by atoms with E-state index in [1.165, 1.54) is 0 Å². The molecule has 0 unspecified atom stereocenters. The highest BCUT2D eigenvalue weighted by Gasteiger charge is 2.29. The van der Waals surface area contributed by atoms with Crippen LogP contribution in [-0.4, -0.2) is 54.6 Å². The first-order chi connectivity index (χ1) is 9.63. The van der Waals surface area contributed by atoms with Gasteiger partial charge < -0.3 is 24.7 Å². The van der Waals surface area contributed by atoms with Gasteiger partial charge in [0.15, 0.2) is 5.69 Å². The zero-order chi connectivity index (χ0) is 14.1. The molecule has 20 heavy (non-hydrogen) atoms. The third kappa shape index (κ3) is 2.62. The number of carbonyl (C=O) groups excluding carboxylic acids is 1. The van der Waals surface area contributed by atoms with E-state index in [0.29, 0.717) is 26.4 Å². The van der Waals surface area contributed by atoms with Crippen molar-refractivity contribution < 1.29 is 23.7 Å². The number of hydrogen-bond acceptors (Lipinski definition) is 8. The van der Waals surface area contributed by atoms with Gasteiger partial charge >= 0.3 is 5.97 Å². The van der Waals surface area contributed by atoms with Crippen LogP contribution in [0, 0.1) is 0 Å². The molecule has 0 radical (unpaired) electrons. The van der Waals surface area contributed by atoms with Crippen LogP contribution in [0.25, 0.3) is 0 Å².